The van der Waals surface area contributed by atoms with Gasteiger partial charge in [0.25, 0.3) is 11.7 Å². The summed E-state index contributed by atoms with van der Waals surface area (Å²) in [7, 11) is 0. The Labute approximate surface area is 152 Å². The molecule has 0 atom stereocenters. The van der Waals surface area contributed by atoms with Gasteiger partial charge in [-0.1, -0.05) is 12.1 Å². The van der Waals surface area contributed by atoms with Crippen LogP contribution in [-0.2, 0) is 0 Å². The minimum absolute atomic E-state index is 0.00742. The molecule has 0 saturated carbocycles. The van der Waals surface area contributed by atoms with E-state index in [9.17, 15) is 4.79 Å². The molecule has 3 heterocycles. The van der Waals surface area contributed by atoms with Crippen molar-refractivity contribution in [3.8, 4) is 0 Å². The molecule has 0 aliphatic carbocycles. The van der Waals surface area contributed by atoms with Crippen LogP contribution in [0.3, 0.4) is 0 Å². The van der Waals surface area contributed by atoms with E-state index in [0.717, 1.165) is 18.8 Å². The highest BCUT2D eigenvalue weighted by molar-refractivity contribution is 5.95. The number of rotatable bonds is 2. The van der Waals surface area contributed by atoms with Crippen molar-refractivity contribution in [2.75, 3.05) is 31.1 Å². The summed E-state index contributed by atoms with van der Waals surface area (Å²) in [4.78, 5) is 25.5. The lowest BCUT2D eigenvalue weighted by Crippen LogP contribution is -2.49. The lowest BCUT2D eigenvalue weighted by molar-refractivity contribution is 0.0745. The summed E-state index contributed by atoms with van der Waals surface area (Å²) < 4.78 is 1.61. The predicted octanol–water partition coefficient (Wildman–Crippen LogP) is 2.01. The maximum atomic E-state index is 13.0. The first kappa shape index (κ1) is 16.5. The van der Waals surface area contributed by atoms with E-state index in [4.69, 9.17) is 0 Å². The molecule has 0 unspecified atom stereocenters. The van der Waals surface area contributed by atoms with Crippen LogP contribution in [0, 0.1) is 20.8 Å². The zero-order valence-corrected chi connectivity index (χ0v) is 15.3. The number of carbonyl (C=O) groups is 1. The quantitative estimate of drug-likeness (QED) is 0.707. The van der Waals surface area contributed by atoms with Gasteiger partial charge in [-0.3, -0.25) is 4.79 Å². The Bertz CT molecular complexity index is 971. The Kier molecular flexibility index (Phi) is 4.06. The minimum Gasteiger partial charge on any atom is -0.368 e. The molecule has 1 fully saturated rings. The first-order chi connectivity index (χ1) is 12.5. The van der Waals surface area contributed by atoms with E-state index in [1.807, 2.05) is 11.8 Å². The molecule has 2 aromatic heterocycles. The maximum Gasteiger partial charge on any atom is 0.257 e. The molecule has 26 heavy (non-hydrogen) atoms. The van der Waals surface area contributed by atoms with E-state index in [0.29, 0.717) is 24.4 Å². The third-order valence-corrected chi connectivity index (χ3v) is 5.05. The van der Waals surface area contributed by atoms with Crippen molar-refractivity contribution in [3.63, 3.8) is 0 Å². The highest BCUT2D eigenvalue weighted by atomic mass is 16.2. The number of hydrogen-bond donors (Lipinski definition) is 0. The minimum atomic E-state index is 0.00742. The summed E-state index contributed by atoms with van der Waals surface area (Å²) in [6.07, 6.45) is 3.06. The van der Waals surface area contributed by atoms with Crippen LogP contribution in [0.4, 0.5) is 5.69 Å². The molecule has 0 N–H and O–H groups in total. The molecule has 0 radical (unpaired) electrons. The van der Waals surface area contributed by atoms with E-state index in [1.54, 1.807) is 10.7 Å². The molecule has 7 nitrogen and oxygen atoms in total. The second-order valence-corrected chi connectivity index (χ2v) is 6.80. The van der Waals surface area contributed by atoms with Gasteiger partial charge in [-0.25, -0.2) is 9.50 Å². The number of anilines is 1. The second-order valence-electron chi connectivity index (χ2n) is 6.80. The topological polar surface area (TPSA) is 66.6 Å². The lowest BCUT2D eigenvalue weighted by atomic mass is 10.1. The third-order valence-electron chi connectivity index (χ3n) is 5.05. The number of amides is 1. The van der Waals surface area contributed by atoms with E-state index in [1.165, 1.54) is 23.1 Å². The monoisotopic (exact) mass is 350 g/mol. The van der Waals surface area contributed by atoms with E-state index in [-0.39, 0.29) is 5.91 Å². The molecule has 1 aromatic carbocycles. The van der Waals surface area contributed by atoms with Crippen LogP contribution in [0.5, 0.6) is 0 Å². The normalized spacial score (nSPS) is 14.9. The fourth-order valence-corrected chi connectivity index (χ4v) is 3.48. The molecule has 1 amide bonds. The number of nitrogens with zero attached hydrogens (tertiary/aromatic N) is 6. The first-order valence-corrected chi connectivity index (χ1v) is 8.81. The number of fused-ring (bicyclic) bond motifs is 1. The summed E-state index contributed by atoms with van der Waals surface area (Å²) in [5, 5.41) is 4.14. The van der Waals surface area contributed by atoms with Crippen LogP contribution in [0.25, 0.3) is 5.78 Å². The Morgan fingerprint density at radius 3 is 2.58 bits per heavy atom. The summed E-state index contributed by atoms with van der Waals surface area (Å²) in [5.74, 6) is 0.520. The van der Waals surface area contributed by atoms with Gasteiger partial charge in [-0.2, -0.15) is 10.1 Å². The van der Waals surface area contributed by atoms with Gasteiger partial charge in [0.1, 0.15) is 6.33 Å². The van der Waals surface area contributed by atoms with Crippen molar-refractivity contribution in [1.82, 2.24) is 24.5 Å². The van der Waals surface area contributed by atoms with Crippen molar-refractivity contribution in [2.45, 2.75) is 20.8 Å². The number of aryl methyl sites for hydroxylation is 3. The van der Waals surface area contributed by atoms with Gasteiger partial charge in [0.05, 0.1) is 11.3 Å². The molecule has 4 rings (SSSR count). The molecule has 0 spiro atoms. The summed E-state index contributed by atoms with van der Waals surface area (Å²) in [6.45, 7) is 9.17. The lowest BCUT2D eigenvalue weighted by Gasteiger charge is -2.37. The van der Waals surface area contributed by atoms with Gasteiger partial charge < -0.3 is 9.80 Å². The van der Waals surface area contributed by atoms with Gasteiger partial charge in [-0.05, 0) is 38.0 Å². The summed E-state index contributed by atoms with van der Waals surface area (Å²) >= 11 is 0. The smallest absolute Gasteiger partial charge is 0.257 e. The van der Waals surface area contributed by atoms with Gasteiger partial charge >= 0.3 is 0 Å². The standard InChI is InChI=1S/C19H22N6O/c1-13-4-5-14(2)17(10-13)23-6-8-24(9-7-23)18(26)16-11-20-19-21-12-22-25(19)15(16)3/h4-5,10-12H,6-9H2,1-3H3. The third kappa shape index (κ3) is 2.79. The molecule has 1 saturated heterocycles. The average Bonchev–Trinajstić information content (AvgIpc) is 3.13. The zero-order chi connectivity index (χ0) is 18.3. The number of aromatic nitrogens is 4. The van der Waals surface area contributed by atoms with Crippen LogP contribution in [0.2, 0.25) is 0 Å². The molecule has 3 aromatic rings. The number of benzene rings is 1. The Morgan fingerprint density at radius 2 is 1.81 bits per heavy atom. The van der Waals surface area contributed by atoms with E-state index in [2.05, 4.69) is 52.0 Å². The highest BCUT2D eigenvalue weighted by Gasteiger charge is 2.25. The Hall–Kier alpha value is -2.96. The molecule has 7 heteroatoms. The molecule has 1 aliphatic rings. The average molecular weight is 350 g/mol. The van der Waals surface area contributed by atoms with Crippen molar-refractivity contribution >= 4 is 17.4 Å². The highest BCUT2D eigenvalue weighted by Crippen LogP contribution is 2.23. The zero-order valence-electron chi connectivity index (χ0n) is 15.3. The van der Waals surface area contributed by atoms with Crippen LogP contribution in [0.15, 0.2) is 30.7 Å². The van der Waals surface area contributed by atoms with Crippen LogP contribution < -0.4 is 4.90 Å². The number of carbonyl (C=O) groups excluding carboxylic acids is 1. The van der Waals surface area contributed by atoms with E-state index >= 15 is 0 Å². The largest absolute Gasteiger partial charge is 0.368 e. The SMILES string of the molecule is Cc1ccc(C)c(N2CCN(C(=O)c3cnc4ncnn4c3C)CC2)c1. The Balaban J connectivity index is 1.51. The second kappa shape index (κ2) is 6.40. The van der Waals surface area contributed by atoms with Crippen LogP contribution in [0.1, 0.15) is 27.2 Å². The van der Waals surface area contributed by atoms with Crippen molar-refractivity contribution < 1.29 is 4.79 Å². The van der Waals surface area contributed by atoms with Crippen LogP contribution >= 0.6 is 0 Å². The van der Waals surface area contributed by atoms with E-state index < -0.39 is 0 Å². The summed E-state index contributed by atoms with van der Waals surface area (Å²) in [5.41, 5.74) is 5.15. The van der Waals surface area contributed by atoms with Gasteiger partial charge in [0.15, 0.2) is 0 Å². The molecule has 134 valence electrons. The van der Waals surface area contributed by atoms with Crippen molar-refractivity contribution in [2.24, 2.45) is 0 Å². The van der Waals surface area contributed by atoms with Gasteiger partial charge in [-0.15, -0.1) is 0 Å². The fraction of sp³-hybridized carbons (Fsp3) is 0.368. The first-order valence-electron chi connectivity index (χ1n) is 8.81. The molecular formula is C19H22N6O. The summed E-state index contributed by atoms with van der Waals surface area (Å²) in [6, 6.07) is 6.51. The molecule has 0 bridgehead atoms. The van der Waals surface area contributed by atoms with Gasteiger partial charge in [0.2, 0.25) is 0 Å². The number of piperazine rings is 1. The fourth-order valence-electron chi connectivity index (χ4n) is 3.48. The van der Waals surface area contributed by atoms with Crippen LogP contribution in [-0.4, -0.2) is 56.6 Å². The Morgan fingerprint density at radius 1 is 1.04 bits per heavy atom. The number of hydrogen-bond acceptors (Lipinski definition) is 5. The molecule has 1 aliphatic heterocycles. The molecular weight excluding hydrogens is 328 g/mol. The van der Waals surface area contributed by atoms with Crippen molar-refractivity contribution in [3.05, 3.63) is 53.1 Å². The maximum absolute atomic E-state index is 13.0. The van der Waals surface area contributed by atoms with Crippen molar-refractivity contribution in [1.29, 1.82) is 0 Å². The van der Waals surface area contributed by atoms with Gasteiger partial charge in [0, 0.05) is 38.1 Å². The predicted molar refractivity (Wildman–Crippen MR) is 99.6 cm³/mol.